The van der Waals surface area contributed by atoms with Crippen LogP contribution in [-0.2, 0) is 16.1 Å². The van der Waals surface area contributed by atoms with E-state index in [1.807, 2.05) is 0 Å². The molecule has 0 radical (unpaired) electrons. The number of nitrogens with zero attached hydrogens (tertiary/aromatic N) is 2. The molecule has 1 aromatic heterocycles. The van der Waals surface area contributed by atoms with Gasteiger partial charge in [0.1, 0.15) is 12.4 Å². The van der Waals surface area contributed by atoms with Crippen molar-refractivity contribution in [2.45, 2.75) is 32.4 Å². The van der Waals surface area contributed by atoms with Gasteiger partial charge >= 0.3 is 0 Å². The molecular formula is C18H21FN4O3. The molecule has 1 aliphatic heterocycles. The highest BCUT2D eigenvalue weighted by molar-refractivity contribution is 5.76. The number of aryl methyl sites for hydroxylation is 1. The van der Waals surface area contributed by atoms with Crippen LogP contribution in [-0.4, -0.2) is 34.7 Å². The van der Waals surface area contributed by atoms with Crippen molar-refractivity contribution in [3.8, 4) is 0 Å². The zero-order valence-electron chi connectivity index (χ0n) is 14.5. The monoisotopic (exact) mass is 360 g/mol. The maximum Gasteiger partial charge on any atom is 0.255 e. The molecule has 1 unspecified atom stereocenters. The molecule has 2 N–H and O–H groups in total. The van der Waals surface area contributed by atoms with Crippen molar-refractivity contribution in [3.05, 3.63) is 52.2 Å². The van der Waals surface area contributed by atoms with Crippen LogP contribution in [0.25, 0.3) is 0 Å². The maximum atomic E-state index is 13.4. The molecule has 2 aromatic rings. The lowest BCUT2D eigenvalue weighted by Crippen LogP contribution is -2.37. The Hall–Kier alpha value is -2.74. The molecule has 1 fully saturated rings. The summed E-state index contributed by atoms with van der Waals surface area (Å²) in [6, 6.07) is 7.16. The van der Waals surface area contributed by atoms with Gasteiger partial charge in [0.25, 0.3) is 5.56 Å². The fourth-order valence-electron chi connectivity index (χ4n) is 2.80. The summed E-state index contributed by atoms with van der Waals surface area (Å²) in [6.07, 6.45) is 1.93. The van der Waals surface area contributed by atoms with Gasteiger partial charge in [-0.3, -0.25) is 14.2 Å². The van der Waals surface area contributed by atoms with E-state index in [9.17, 15) is 14.0 Å². The standard InChI is InChI=1S/C18H21FN4O3/c1-12-8-17(25)23(11-16(24)20-10-15-6-3-7-26-15)18(21-12)22-14-5-2-4-13(19)9-14/h2,4-5,8-9,15H,3,6-7,10-11H2,1H3,(H,20,24)(H,21,22). The molecule has 0 spiro atoms. The first-order valence-corrected chi connectivity index (χ1v) is 8.50. The van der Waals surface area contributed by atoms with Crippen LogP contribution in [0.15, 0.2) is 35.1 Å². The maximum absolute atomic E-state index is 13.4. The first-order chi connectivity index (χ1) is 12.5. The van der Waals surface area contributed by atoms with Gasteiger partial charge in [-0.15, -0.1) is 0 Å². The van der Waals surface area contributed by atoms with Crippen LogP contribution in [0.5, 0.6) is 0 Å². The van der Waals surface area contributed by atoms with E-state index >= 15 is 0 Å². The lowest BCUT2D eigenvalue weighted by molar-refractivity contribution is -0.122. The third kappa shape index (κ3) is 4.66. The molecule has 3 rings (SSSR count). The van der Waals surface area contributed by atoms with Crippen molar-refractivity contribution in [1.82, 2.24) is 14.9 Å². The Morgan fingerprint density at radius 2 is 2.27 bits per heavy atom. The van der Waals surface area contributed by atoms with Gasteiger partial charge in [-0.2, -0.15) is 0 Å². The lowest BCUT2D eigenvalue weighted by Gasteiger charge is -2.15. The Morgan fingerprint density at radius 1 is 1.42 bits per heavy atom. The van der Waals surface area contributed by atoms with Crippen LogP contribution in [0, 0.1) is 12.7 Å². The molecule has 0 aliphatic carbocycles. The van der Waals surface area contributed by atoms with Gasteiger partial charge in [-0.05, 0) is 38.0 Å². The summed E-state index contributed by atoms with van der Waals surface area (Å²) in [7, 11) is 0. The summed E-state index contributed by atoms with van der Waals surface area (Å²) in [6.45, 7) is 2.62. The number of halogens is 1. The number of aromatic nitrogens is 2. The SMILES string of the molecule is Cc1cc(=O)n(CC(=O)NCC2CCCO2)c(Nc2cccc(F)c2)n1. The van der Waals surface area contributed by atoms with E-state index in [0.29, 0.717) is 24.5 Å². The minimum Gasteiger partial charge on any atom is -0.376 e. The largest absolute Gasteiger partial charge is 0.376 e. The predicted octanol–water partition coefficient (Wildman–Crippen LogP) is 1.73. The average molecular weight is 360 g/mol. The minimum absolute atomic E-state index is 0.0247. The van der Waals surface area contributed by atoms with Gasteiger partial charge in [0.15, 0.2) is 0 Å². The first kappa shape index (κ1) is 18.1. The number of hydrogen-bond acceptors (Lipinski definition) is 5. The van der Waals surface area contributed by atoms with Crippen LogP contribution in [0.3, 0.4) is 0 Å². The van der Waals surface area contributed by atoms with Crippen LogP contribution in [0.4, 0.5) is 16.0 Å². The molecule has 2 heterocycles. The van der Waals surface area contributed by atoms with Gasteiger partial charge in [0.05, 0.1) is 6.10 Å². The van der Waals surface area contributed by atoms with E-state index in [2.05, 4.69) is 15.6 Å². The van der Waals surface area contributed by atoms with Crippen molar-refractivity contribution in [3.63, 3.8) is 0 Å². The third-order valence-corrected chi connectivity index (χ3v) is 4.07. The van der Waals surface area contributed by atoms with Crippen molar-refractivity contribution >= 4 is 17.5 Å². The highest BCUT2D eigenvalue weighted by atomic mass is 19.1. The van der Waals surface area contributed by atoms with Crippen LogP contribution in [0.2, 0.25) is 0 Å². The molecule has 7 nitrogen and oxygen atoms in total. The fourth-order valence-corrected chi connectivity index (χ4v) is 2.80. The highest BCUT2D eigenvalue weighted by Gasteiger charge is 2.17. The number of rotatable bonds is 6. The molecule has 1 atom stereocenters. The topological polar surface area (TPSA) is 85.2 Å². The molecule has 8 heteroatoms. The van der Waals surface area contributed by atoms with Crippen LogP contribution >= 0.6 is 0 Å². The van der Waals surface area contributed by atoms with E-state index in [1.165, 1.54) is 22.8 Å². The predicted molar refractivity (Wildman–Crippen MR) is 94.9 cm³/mol. The zero-order valence-corrected chi connectivity index (χ0v) is 14.5. The Kier molecular flexibility index (Phi) is 5.62. The van der Waals surface area contributed by atoms with Gasteiger partial charge in [0, 0.05) is 30.6 Å². The summed E-state index contributed by atoms with van der Waals surface area (Å²) in [4.78, 5) is 28.8. The number of nitrogens with one attached hydrogen (secondary N) is 2. The summed E-state index contributed by atoms with van der Waals surface area (Å²) in [5, 5.41) is 5.68. The Labute approximate surface area is 150 Å². The summed E-state index contributed by atoms with van der Waals surface area (Å²) < 4.78 is 20.1. The molecule has 26 heavy (non-hydrogen) atoms. The van der Waals surface area contributed by atoms with Crippen molar-refractivity contribution in [2.24, 2.45) is 0 Å². The Morgan fingerprint density at radius 3 is 3.00 bits per heavy atom. The number of anilines is 2. The van der Waals surface area contributed by atoms with Crippen LogP contribution < -0.4 is 16.2 Å². The molecule has 0 bridgehead atoms. The molecule has 1 aliphatic rings. The summed E-state index contributed by atoms with van der Waals surface area (Å²) in [5.41, 5.74) is 0.588. The molecule has 1 saturated heterocycles. The lowest BCUT2D eigenvalue weighted by atomic mass is 10.2. The molecule has 1 aromatic carbocycles. The van der Waals surface area contributed by atoms with E-state index < -0.39 is 5.82 Å². The Balaban J connectivity index is 1.74. The smallest absolute Gasteiger partial charge is 0.255 e. The number of benzene rings is 1. The molecule has 1 amide bonds. The second kappa shape index (κ2) is 8.09. The number of carbonyl (C=O) groups excluding carboxylic acids is 1. The molecular weight excluding hydrogens is 339 g/mol. The van der Waals surface area contributed by atoms with Gasteiger partial charge in [0.2, 0.25) is 11.9 Å². The number of amides is 1. The normalized spacial score (nSPS) is 16.5. The number of hydrogen-bond donors (Lipinski definition) is 2. The van der Waals surface area contributed by atoms with Gasteiger partial charge in [-0.1, -0.05) is 6.07 Å². The first-order valence-electron chi connectivity index (χ1n) is 8.50. The second-order valence-electron chi connectivity index (χ2n) is 6.22. The number of carbonyl (C=O) groups is 1. The van der Waals surface area contributed by atoms with Crippen molar-refractivity contribution in [1.29, 1.82) is 0 Å². The van der Waals surface area contributed by atoms with E-state index in [0.717, 1.165) is 12.8 Å². The third-order valence-electron chi connectivity index (χ3n) is 4.07. The quantitative estimate of drug-likeness (QED) is 0.819. The van der Waals surface area contributed by atoms with Gasteiger partial charge in [-0.25, -0.2) is 9.37 Å². The van der Waals surface area contributed by atoms with E-state index in [4.69, 9.17) is 4.74 Å². The Bertz CT molecular complexity index is 847. The van der Waals surface area contributed by atoms with E-state index in [-0.39, 0.29) is 30.1 Å². The summed E-state index contributed by atoms with van der Waals surface area (Å²) >= 11 is 0. The summed E-state index contributed by atoms with van der Waals surface area (Å²) in [5.74, 6) is -0.533. The highest BCUT2D eigenvalue weighted by Crippen LogP contribution is 2.15. The second-order valence-corrected chi connectivity index (χ2v) is 6.22. The molecule has 138 valence electrons. The van der Waals surface area contributed by atoms with Crippen molar-refractivity contribution < 1.29 is 13.9 Å². The fraction of sp³-hybridized carbons (Fsp3) is 0.389. The number of ether oxygens (including phenoxy) is 1. The minimum atomic E-state index is -0.411. The van der Waals surface area contributed by atoms with Gasteiger partial charge < -0.3 is 15.4 Å². The average Bonchev–Trinajstić information content (AvgIpc) is 3.10. The van der Waals surface area contributed by atoms with E-state index in [1.54, 1.807) is 19.1 Å². The zero-order chi connectivity index (χ0) is 18.5. The molecule has 0 saturated carbocycles. The van der Waals surface area contributed by atoms with Crippen molar-refractivity contribution in [2.75, 3.05) is 18.5 Å². The van der Waals surface area contributed by atoms with Crippen LogP contribution in [0.1, 0.15) is 18.5 Å².